The minimum atomic E-state index is -4.56. The van der Waals surface area contributed by atoms with Gasteiger partial charge >= 0.3 is 17.9 Å². The number of fused-ring (bicyclic) bond motifs is 2. The SMILES string of the molecule is NC(=O)[C@H](CCCCNC(=O)c1ccc2ccccc2c1)NC(=O)CCCCCNC(=O)[C@H](CCC(=O)O)NC(=O)[C@H](Cc1c[nH]c2ccccc12)NC(=O)[C@H](Cc1cccc(F)c1)NC(=O)CNC(=O)[C@H](CCC(=O)O)NC(=O)[C@@H](CC(=O)O)NS(=O)(=O)c1ccc(Br)cc1. The van der Waals surface area contributed by atoms with E-state index >= 15 is 0 Å². The Morgan fingerprint density at radius 1 is 0.521 bits per heavy atom. The molecule has 0 spiro atoms. The van der Waals surface area contributed by atoms with Crippen molar-refractivity contribution >= 4 is 119 Å². The van der Waals surface area contributed by atoms with E-state index in [2.05, 4.69) is 63.4 Å². The van der Waals surface area contributed by atoms with Crippen LogP contribution in [0.5, 0.6) is 0 Å². The summed E-state index contributed by atoms with van der Waals surface area (Å²) in [5.41, 5.74) is 7.38. The summed E-state index contributed by atoms with van der Waals surface area (Å²) in [6.07, 6.45) is -0.414. The van der Waals surface area contributed by atoms with E-state index in [-0.39, 0.29) is 42.2 Å². The number of para-hydroxylation sites is 1. The van der Waals surface area contributed by atoms with Crippen LogP contribution in [-0.2, 0) is 75.6 Å². The highest BCUT2D eigenvalue weighted by Crippen LogP contribution is 2.21. The molecule has 0 aliphatic rings. The van der Waals surface area contributed by atoms with Gasteiger partial charge in [0.15, 0.2) is 0 Å². The molecule has 0 aliphatic carbocycles. The third kappa shape index (κ3) is 24.6. The third-order valence-corrected chi connectivity index (χ3v) is 17.1. The molecular formula is C65H75BrFN11O17S. The summed E-state index contributed by atoms with van der Waals surface area (Å²) < 4.78 is 43.5. The van der Waals surface area contributed by atoms with Crippen LogP contribution in [0.25, 0.3) is 21.7 Å². The van der Waals surface area contributed by atoms with E-state index in [1.807, 2.05) is 35.1 Å². The fourth-order valence-corrected chi connectivity index (χ4v) is 11.5. The fourth-order valence-electron chi connectivity index (χ4n) is 10.1. The van der Waals surface area contributed by atoms with E-state index < -0.39 is 162 Å². The standard InChI is InChI=1S/C65H75BrFN11O17S/c66-43-21-23-45(24-22-43)96(94,95)78-53(35-58(85)86)65(93)76-50(26-28-57(83)84)62(90)72-37-55(80)74-51(32-38-11-10-14-44(67)31-38)63(91)77-52(34-42-36-71-47-16-6-5-15-46(42)47)64(92)75-49(25-27-56(81)82)61(89)70-29-8-1-2-18-54(79)73-48(59(68)87)17-7-9-30-69-60(88)41-20-19-39-12-3-4-13-40(39)33-41/h3-6,10-16,19-24,31,33,36,48-53,71,78H,1-2,7-9,17-18,25-30,32,34-35,37H2,(H2,68,87)(H,69,88)(H,70,89)(H,72,90)(H,73,79)(H,74,80)(H,75,92)(H,76,93)(H,77,91)(H,81,82)(H,83,84)(H,85,86)/t48-,49-,50-,51-,52-,53+/m0/s1. The molecule has 0 radical (unpaired) electrons. The molecule has 6 aromatic rings. The van der Waals surface area contributed by atoms with Gasteiger partial charge in [0.1, 0.15) is 42.1 Å². The maximum Gasteiger partial charge on any atom is 0.305 e. The summed E-state index contributed by atoms with van der Waals surface area (Å²) in [4.78, 5) is 160. The van der Waals surface area contributed by atoms with Crippen molar-refractivity contribution in [2.45, 2.75) is 131 Å². The predicted octanol–water partition coefficient (Wildman–Crippen LogP) is 2.86. The lowest BCUT2D eigenvalue weighted by Gasteiger charge is -2.26. The molecule has 15 N–H and O–H groups in total. The van der Waals surface area contributed by atoms with Gasteiger partial charge in [0.2, 0.25) is 57.3 Å². The number of primary amides is 1. The first-order valence-corrected chi connectivity index (χ1v) is 32.9. The number of rotatable bonds is 40. The average molecular weight is 1410 g/mol. The number of unbranched alkanes of at least 4 members (excludes halogenated alkanes) is 3. The molecule has 0 saturated carbocycles. The molecule has 5 aromatic carbocycles. The molecule has 31 heteroatoms. The number of aromatic nitrogens is 1. The van der Waals surface area contributed by atoms with Crippen molar-refractivity contribution in [2.75, 3.05) is 19.6 Å². The Kier molecular flexibility index (Phi) is 28.9. The van der Waals surface area contributed by atoms with Crippen molar-refractivity contribution in [3.05, 3.63) is 148 Å². The summed E-state index contributed by atoms with van der Waals surface area (Å²) in [7, 11) is -4.56. The molecule has 96 heavy (non-hydrogen) atoms. The minimum absolute atomic E-state index is 0.00656. The van der Waals surface area contributed by atoms with Crippen LogP contribution in [0.4, 0.5) is 4.39 Å². The first-order chi connectivity index (χ1) is 45.7. The van der Waals surface area contributed by atoms with Crippen molar-refractivity contribution in [3.8, 4) is 0 Å². The number of carboxylic acids is 3. The summed E-state index contributed by atoms with van der Waals surface area (Å²) in [6, 6.07) is 20.4. The number of hydrogen-bond donors (Lipinski definition) is 14. The van der Waals surface area contributed by atoms with Crippen LogP contribution in [-0.4, -0.2) is 156 Å². The van der Waals surface area contributed by atoms with Crippen LogP contribution >= 0.6 is 15.9 Å². The molecule has 1 heterocycles. The molecule has 9 amide bonds. The number of hydrogen-bond acceptors (Lipinski definition) is 14. The largest absolute Gasteiger partial charge is 0.481 e. The first kappa shape index (κ1) is 74.9. The highest BCUT2D eigenvalue weighted by molar-refractivity contribution is 9.10. The monoisotopic (exact) mass is 1410 g/mol. The highest BCUT2D eigenvalue weighted by Gasteiger charge is 2.34. The molecule has 0 aliphatic heterocycles. The quantitative estimate of drug-likeness (QED) is 0.0246. The van der Waals surface area contributed by atoms with Crippen LogP contribution in [0.1, 0.15) is 98.5 Å². The summed E-state index contributed by atoms with van der Waals surface area (Å²) >= 11 is 3.17. The lowest BCUT2D eigenvalue weighted by atomic mass is 10.0. The van der Waals surface area contributed by atoms with Crippen molar-refractivity contribution in [1.82, 2.24) is 52.2 Å². The Labute approximate surface area is 558 Å². The minimum Gasteiger partial charge on any atom is -0.481 e. The van der Waals surface area contributed by atoms with Gasteiger partial charge in [-0.25, -0.2) is 12.8 Å². The van der Waals surface area contributed by atoms with Gasteiger partial charge in [0.05, 0.1) is 17.9 Å². The zero-order valence-corrected chi connectivity index (χ0v) is 54.2. The first-order valence-electron chi connectivity index (χ1n) is 30.6. The van der Waals surface area contributed by atoms with E-state index in [1.54, 1.807) is 42.6 Å². The molecule has 1 aromatic heterocycles. The Morgan fingerprint density at radius 3 is 1.77 bits per heavy atom. The zero-order chi connectivity index (χ0) is 69.9. The number of carboxylic acid groups (broad SMARTS) is 3. The van der Waals surface area contributed by atoms with E-state index in [9.17, 15) is 85.7 Å². The van der Waals surface area contributed by atoms with Crippen LogP contribution in [0.15, 0.2) is 131 Å². The van der Waals surface area contributed by atoms with Gasteiger partial charge in [-0.05, 0) is 121 Å². The summed E-state index contributed by atoms with van der Waals surface area (Å²) in [5.74, 6) is -13.0. The molecule has 0 fully saturated rings. The Balaban J connectivity index is 1.07. The molecule has 6 atom stereocenters. The average Bonchev–Trinajstić information content (AvgIpc) is 1.66. The molecule has 0 saturated heterocycles. The van der Waals surface area contributed by atoms with Crippen LogP contribution in [0.2, 0.25) is 0 Å². The Bertz CT molecular complexity index is 3910. The van der Waals surface area contributed by atoms with Crippen molar-refractivity contribution in [2.24, 2.45) is 5.73 Å². The number of nitrogens with one attached hydrogen (secondary N) is 10. The number of H-pyrrole nitrogens is 1. The summed E-state index contributed by atoms with van der Waals surface area (Å²) in [5, 5.41) is 51.3. The maximum atomic E-state index is 14.6. The van der Waals surface area contributed by atoms with E-state index in [0.717, 1.165) is 35.0 Å². The zero-order valence-electron chi connectivity index (χ0n) is 51.8. The summed E-state index contributed by atoms with van der Waals surface area (Å²) in [6.45, 7) is -0.638. The van der Waals surface area contributed by atoms with Gasteiger partial charge in [-0.2, -0.15) is 4.72 Å². The number of nitrogens with two attached hydrogens (primary N) is 1. The van der Waals surface area contributed by atoms with E-state index in [0.29, 0.717) is 65.2 Å². The van der Waals surface area contributed by atoms with Gasteiger partial charge in [-0.3, -0.25) is 57.5 Å². The van der Waals surface area contributed by atoms with Crippen molar-refractivity contribution in [3.63, 3.8) is 0 Å². The number of carbonyl (C=O) groups is 12. The smallest absolute Gasteiger partial charge is 0.305 e. The van der Waals surface area contributed by atoms with E-state index in [4.69, 9.17) is 5.73 Å². The number of amides is 9. The Hall–Kier alpha value is -10.1. The van der Waals surface area contributed by atoms with Gasteiger partial charge < -0.3 is 68.6 Å². The van der Waals surface area contributed by atoms with Crippen molar-refractivity contribution in [1.29, 1.82) is 0 Å². The van der Waals surface area contributed by atoms with Gasteiger partial charge in [-0.15, -0.1) is 0 Å². The van der Waals surface area contributed by atoms with Gasteiger partial charge in [0.25, 0.3) is 5.91 Å². The second-order valence-electron chi connectivity index (χ2n) is 22.4. The molecule has 28 nitrogen and oxygen atoms in total. The van der Waals surface area contributed by atoms with Crippen molar-refractivity contribution < 1.29 is 85.7 Å². The molecular weight excluding hydrogens is 1340 g/mol. The molecule has 0 bridgehead atoms. The Morgan fingerprint density at radius 2 is 1.11 bits per heavy atom. The maximum absolute atomic E-state index is 14.6. The number of halogens is 2. The number of aliphatic carboxylic acids is 3. The molecule has 6 rings (SSSR count). The van der Waals surface area contributed by atoms with Crippen LogP contribution < -0.4 is 53.0 Å². The second-order valence-corrected chi connectivity index (χ2v) is 25.1. The highest BCUT2D eigenvalue weighted by atomic mass is 79.9. The number of aromatic amines is 1. The number of carbonyl (C=O) groups excluding carboxylic acids is 9. The van der Waals surface area contributed by atoms with E-state index in [1.165, 1.54) is 24.3 Å². The third-order valence-electron chi connectivity index (χ3n) is 15.1. The number of sulfonamides is 1. The topological polar surface area (TPSA) is 450 Å². The lowest BCUT2D eigenvalue weighted by molar-refractivity contribution is -0.140. The molecule has 0 unspecified atom stereocenters. The van der Waals surface area contributed by atoms with Crippen LogP contribution in [0, 0.1) is 5.82 Å². The normalized spacial score (nSPS) is 13.1. The van der Waals surface area contributed by atoms with Crippen LogP contribution in [0.3, 0.4) is 0 Å². The predicted molar refractivity (Wildman–Crippen MR) is 350 cm³/mol. The number of benzene rings is 5. The fraction of sp³-hybridized carbons (Fsp3) is 0.354. The van der Waals surface area contributed by atoms with Gasteiger partial charge in [-0.1, -0.05) is 83.0 Å². The second kappa shape index (κ2) is 37.1. The molecule has 512 valence electrons. The van der Waals surface area contributed by atoms with Gasteiger partial charge in [0, 0.05) is 72.3 Å². The lowest BCUT2D eigenvalue weighted by Crippen LogP contribution is -2.58.